The van der Waals surface area contributed by atoms with Gasteiger partial charge in [-0.1, -0.05) is 48.5 Å². The van der Waals surface area contributed by atoms with E-state index in [1.807, 2.05) is 49.4 Å². The average Bonchev–Trinajstić information content (AvgIpc) is 3.27. The summed E-state index contributed by atoms with van der Waals surface area (Å²) in [6, 6.07) is 20.2. The summed E-state index contributed by atoms with van der Waals surface area (Å²) >= 11 is 1.68. The van der Waals surface area contributed by atoms with E-state index in [0.717, 1.165) is 22.4 Å². The lowest BCUT2D eigenvalue weighted by atomic mass is 9.77. The maximum absolute atomic E-state index is 12.0. The molecule has 2 nitrogen and oxygen atoms in total. The fraction of sp³-hybridized carbons (Fsp3) is 0.182. The van der Waals surface area contributed by atoms with Gasteiger partial charge in [-0.15, -0.1) is 0 Å². The number of para-hydroxylation sites is 1. The van der Waals surface area contributed by atoms with Crippen LogP contribution in [0.3, 0.4) is 0 Å². The highest BCUT2D eigenvalue weighted by atomic mass is 32.1. The van der Waals surface area contributed by atoms with E-state index in [4.69, 9.17) is 4.74 Å². The fourth-order valence-corrected chi connectivity index (χ4v) is 5.00. The summed E-state index contributed by atoms with van der Waals surface area (Å²) in [7, 11) is 0. The molecule has 0 unspecified atom stereocenters. The van der Waals surface area contributed by atoms with Crippen LogP contribution in [0.15, 0.2) is 71.4 Å². The van der Waals surface area contributed by atoms with Crippen molar-refractivity contribution in [3.63, 3.8) is 0 Å². The van der Waals surface area contributed by atoms with Crippen LogP contribution in [0, 0.1) is 0 Å². The van der Waals surface area contributed by atoms with E-state index in [1.165, 1.54) is 11.1 Å². The quantitative estimate of drug-likeness (QED) is 0.699. The SMILES string of the molecule is C[C@]12CC(c3ccsc3)=C(c3ccccc3)[C@@]1(O)c1ccccc1O2. The third kappa shape index (κ3) is 1.88. The molecule has 2 aliphatic rings. The van der Waals surface area contributed by atoms with Gasteiger partial charge in [-0.2, -0.15) is 11.3 Å². The number of hydrogen-bond donors (Lipinski definition) is 1. The van der Waals surface area contributed by atoms with Gasteiger partial charge in [0, 0.05) is 17.6 Å². The zero-order valence-corrected chi connectivity index (χ0v) is 14.7. The van der Waals surface area contributed by atoms with Crippen LogP contribution in [0.2, 0.25) is 0 Å². The van der Waals surface area contributed by atoms with Crippen molar-refractivity contribution in [3.05, 3.63) is 88.1 Å². The first-order valence-electron chi connectivity index (χ1n) is 8.46. The fourth-order valence-electron chi connectivity index (χ4n) is 4.33. The lowest BCUT2D eigenvalue weighted by Crippen LogP contribution is -2.46. The molecule has 2 atom stereocenters. The second-order valence-corrected chi connectivity index (χ2v) is 7.73. The van der Waals surface area contributed by atoms with Crippen molar-refractivity contribution in [2.24, 2.45) is 0 Å². The Balaban J connectivity index is 1.84. The third-order valence-corrected chi connectivity index (χ3v) is 6.17. The van der Waals surface area contributed by atoms with Crippen molar-refractivity contribution in [2.45, 2.75) is 24.5 Å². The maximum atomic E-state index is 12.0. The molecule has 0 amide bonds. The second kappa shape index (κ2) is 5.07. The molecule has 0 saturated carbocycles. The van der Waals surface area contributed by atoms with Gasteiger partial charge in [-0.05, 0) is 46.5 Å². The molecular formula is C22H18O2S. The summed E-state index contributed by atoms with van der Waals surface area (Å²) in [6.07, 6.45) is 0.680. The molecule has 0 bridgehead atoms. The van der Waals surface area contributed by atoms with E-state index < -0.39 is 11.2 Å². The van der Waals surface area contributed by atoms with Gasteiger partial charge in [0.15, 0.2) is 5.60 Å². The van der Waals surface area contributed by atoms with Gasteiger partial charge >= 0.3 is 0 Å². The van der Waals surface area contributed by atoms with Gasteiger partial charge in [0.2, 0.25) is 0 Å². The van der Waals surface area contributed by atoms with Crippen molar-refractivity contribution >= 4 is 22.5 Å². The Bertz CT molecular complexity index is 974. The van der Waals surface area contributed by atoms with Crippen LogP contribution < -0.4 is 4.74 Å². The summed E-state index contributed by atoms with van der Waals surface area (Å²) < 4.78 is 6.31. The van der Waals surface area contributed by atoms with Crippen molar-refractivity contribution in [1.29, 1.82) is 0 Å². The van der Waals surface area contributed by atoms with E-state index in [1.54, 1.807) is 11.3 Å². The van der Waals surface area contributed by atoms with Gasteiger partial charge in [0.1, 0.15) is 11.4 Å². The number of fused-ring (bicyclic) bond motifs is 3. The van der Waals surface area contributed by atoms with Crippen molar-refractivity contribution in [1.82, 2.24) is 0 Å². The Morgan fingerprint density at radius 1 is 0.960 bits per heavy atom. The minimum absolute atomic E-state index is 0.680. The monoisotopic (exact) mass is 346 g/mol. The first-order chi connectivity index (χ1) is 12.1. The van der Waals surface area contributed by atoms with Crippen LogP contribution in [0.4, 0.5) is 0 Å². The summed E-state index contributed by atoms with van der Waals surface area (Å²) in [5.74, 6) is 0.783. The molecule has 25 heavy (non-hydrogen) atoms. The molecule has 0 spiro atoms. The predicted molar refractivity (Wildman–Crippen MR) is 102 cm³/mol. The summed E-state index contributed by atoms with van der Waals surface area (Å²) in [4.78, 5) is 0. The van der Waals surface area contributed by atoms with Gasteiger partial charge < -0.3 is 9.84 Å². The van der Waals surface area contributed by atoms with Crippen molar-refractivity contribution in [3.8, 4) is 5.75 Å². The minimum atomic E-state index is -1.15. The van der Waals surface area contributed by atoms with Crippen molar-refractivity contribution < 1.29 is 9.84 Å². The van der Waals surface area contributed by atoms with Gasteiger partial charge in [0.25, 0.3) is 0 Å². The molecule has 5 rings (SSSR count). The topological polar surface area (TPSA) is 29.5 Å². The molecule has 0 fully saturated rings. The lowest BCUT2D eigenvalue weighted by molar-refractivity contribution is -0.0516. The Kier molecular flexibility index (Phi) is 3.03. The van der Waals surface area contributed by atoms with Gasteiger partial charge in [0.05, 0.1) is 0 Å². The zero-order valence-electron chi connectivity index (χ0n) is 13.9. The van der Waals surface area contributed by atoms with Crippen molar-refractivity contribution in [2.75, 3.05) is 0 Å². The van der Waals surface area contributed by atoms with Gasteiger partial charge in [-0.25, -0.2) is 0 Å². The Labute approximate surface area is 151 Å². The normalized spacial score (nSPS) is 27.1. The third-order valence-electron chi connectivity index (χ3n) is 5.49. The van der Waals surface area contributed by atoms with Crippen LogP contribution in [-0.2, 0) is 5.60 Å². The highest BCUT2D eigenvalue weighted by molar-refractivity contribution is 7.08. The molecule has 2 aromatic carbocycles. The van der Waals surface area contributed by atoms with Crippen LogP contribution in [0.25, 0.3) is 11.1 Å². The summed E-state index contributed by atoms with van der Waals surface area (Å²) in [5.41, 5.74) is 3.39. The maximum Gasteiger partial charge on any atom is 0.159 e. The van der Waals surface area contributed by atoms with E-state index in [0.29, 0.717) is 6.42 Å². The highest BCUT2D eigenvalue weighted by Crippen LogP contribution is 2.63. The number of aliphatic hydroxyl groups is 1. The summed E-state index contributed by atoms with van der Waals surface area (Å²) in [6.45, 7) is 2.02. The zero-order chi connectivity index (χ0) is 17.1. The first-order valence-corrected chi connectivity index (χ1v) is 9.40. The van der Waals surface area contributed by atoms with E-state index in [9.17, 15) is 5.11 Å². The van der Waals surface area contributed by atoms with Crippen LogP contribution >= 0.6 is 11.3 Å². The van der Waals surface area contributed by atoms with E-state index in [-0.39, 0.29) is 0 Å². The highest BCUT2D eigenvalue weighted by Gasteiger charge is 2.63. The molecular weight excluding hydrogens is 328 g/mol. The van der Waals surface area contributed by atoms with E-state index in [2.05, 4.69) is 29.0 Å². The number of rotatable bonds is 2. The summed E-state index contributed by atoms with van der Waals surface area (Å²) in [5, 5.41) is 16.3. The number of hydrogen-bond acceptors (Lipinski definition) is 3. The molecule has 1 aliphatic heterocycles. The van der Waals surface area contributed by atoms with Crippen LogP contribution in [-0.4, -0.2) is 10.7 Å². The Morgan fingerprint density at radius 2 is 1.72 bits per heavy atom. The van der Waals surface area contributed by atoms with Crippen LogP contribution in [0.1, 0.15) is 30.0 Å². The number of benzene rings is 2. The molecule has 124 valence electrons. The molecule has 0 radical (unpaired) electrons. The first kappa shape index (κ1) is 14.9. The Morgan fingerprint density at radius 3 is 2.48 bits per heavy atom. The largest absolute Gasteiger partial charge is 0.483 e. The smallest absolute Gasteiger partial charge is 0.159 e. The number of ether oxygens (including phenoxy) is 1. The Hall–Kier alpha value is -2.36. The lowest BCUT2D eigenvalue weighted by Gasteiger charge is -2.34. The van der Waals surface area contributed by atoms with E-state index >= 15 is 0 Å². The van der Waals surface area contributed by atoms with Gasteiger partial charge in [-0.3, -0.25) is 0 Å². The molecule has 2 heterocycles. The molecule has 3 aromatic rings. The molecule has 0 saturated heterocycles. The standard InChI is InChI=1S/C22H18O2S/c1-21-13-17(16-11-12-25-14-16)20(15-7-3-2-4-8-15)22(21,23)18-9-5-6-10-19(18)24-21/h2-12,14,23H,13H2,1H3/t21-,22-/m0/s1. The van der Waals surface area contributed by atoms with Crippen LogP contribution in [0.5, 0.6) is 5.75 Å². The average molecular weight is 346 g/mol. The molecule has 1 aromatic heterocycles. The molecule has 1 N–H and O–H groups in total. The molecule has 1 aliphatic carbocycles. The predicted octanol–water partition coefficient (Wildman–Crippen LogP) is 5.10. The second-order valence-electron chi connectivity index (χ2n) is 6.95. The number of thiophene rings is 1. The molecule has 3 heteroatoms. The minimum Gasteiger partial charge on any atom is -0.483 e.